The van der Waals surface area contributed by atoms with Crippen molar-refractivity contribution < 1.29 is 14.7 Å². The van der Waals surface area contributed by atoms with Gasteiger partial charge in [0, 0.05) is 0 Å². The fourth-order valence-corrected chi connectivity index (χ4v) is 3.32. The zero-order valence-electron chi connectivity index (χ0n) is 14.4. The van der Waals surface area contributed by atoms with E-state index in [9.17, 15) is 5.11 Å². The van der Waals surface area contributed by atoms with Gasteiger partial charge in [-0.1, -0.05) is 24.3 Å². The van der Waals surface area contributed by atoms with Gasteiger partial charge in [-0.15, -0.1) is 0 Å². The highest BCUT2D eigenvalue weighted by atomic mass is 16.5. The van der Waals surface area contributed by atoms with Crippen LogP contribution >= 0.6 is 0 Å². The molecule has 2 aromatic rings. The number of rotatable bonds is 6. The number of aliphatic hydroxyl groups excluding tert-OH is 1. The van der Waals surface area contributed by atoms with Crippen molar-refractivity contribution >= 4 is 0 Å². The molecule has 2 aromatic carbocycles. The van der Waals surface area contributed by atoms with Crippen LogP contribution in [0.15, 0.2) is 48.5 Å². The Kier molecular flexibility index (Phi) is 6.05. The van der Waals surface area contributed by atoms with E-state index in [1.165, 1.54) is 24.2 Å². The van der Waals surface area contributed by atoms with Gasteiger partial charge >= 0.3 is 0 Å². The van der Waals surface area contributed by atoms with E-state index in [1.807, 2.05) is 48.5 Å². The number of ether oxygens (including phenoxy) is 1. The molecule has 3 rings (SSSR count). The Balaban J connectivity index is 1.50. The fourth-order valence-electron chi connectivity index (χ4n) is 3.32. The summed E-state index contributed by atoms with van der Waals surface area (Å²) in [4.78, 5) is 1.48. The summed E-state index contributed by atoms with van der Waals surface area (Å²) < 4.78 is 5.73. The lowest BCUT2D eigenvalue weighted by molar-refractivity contribution is -0.908. The van der Waals surface area contributed by atoms with Crippen LogP contribution in [-0.4, -0.2) is 37.5 Å². The van der Waals surface area contributed by atoms with E-state index in [2.05, 4.69) is 6.07 Å². The summed E-state index contributed by atoms with van der Waals surface area (Å²) in [6, 6.07) is 17.5. The molecule has 4 heteroatoms. The minimum atomic E-state index is -0.425. The molecule has 4 nitrogen and oxygen atoms in total. The Labute approximate surface area is 149 Å². The van der Waals surface area contributed by atoms with Gasteiger partial charge in [-0.2, -0.15) is 5.26 Å². The number of nitrogens with zero attached hydrogens (tertiary/aromatic N) is 1. The van der Waals surface area contributed by atoms with E-state index in [4.69, 9.17) is 10.00 Å². The van der Waals surface area contributed by atoms with Gasteiger partial charge in [-0.3, -0.25) is 0 Å². The zero-order chi connectivity index (χ0) is 17.5. The van der Waals surface area contributed by atoms with Crippen molar-refractivity contribution in [2.75, 3.05) is 26.2 Å². The second kappa shape index (κ2) is 8.66. The summed E-state index contributed by atoms with van der Waals surface area (Å²) in [5.41, 5.74) is 2.81. The zero-order valence-corrected chi connectivity index (χ0v) is 14.4. The number of hydrogen-bond acceptors (Lipinski definition) is 3. The van der Waals surface area contributed by atoms with Crippen LogP contribution < -0.4 is 9.64 Å². The third-order valence-corrected chi connectivity index (χ3v) is 4.73. The van der Waals surface area contributed by atoms with Gasteiger partial charge in [-0.05, 0) is 54.7 Å². The average molecular weight is 337 g/mol. The largest absolute Gasteiger partial charge is 0.491 e. The molecule has 0 radical (unpaired) electrons. The van der Waals surface area contributed by atoms with E-state index < -0.39 is 6.10 Å². The molecule has 1 heterocycles. The molecule has 1 fully saturated rings. The molecule has 0 bridgehead atoms. The Hall–Kier alpha value is -2.35. The van der Waals surface area contributed by atoms with Crippen LogP contribution in [0.5, 0.6) is 5.75 Å². The van der Waals surface area contributed by atoms with Crippen LogP contribution in [0.25, 0.3) is 11.1 Å². The van der Waals surface area contributed by atoms with Gasteiger partial charge in [0.05, 0.1) is 24.7 Å². The van der Waals surface area contributed by atoms with E-state index in [-0.39, 0.29) is 0 Å². The molecule has 0 unspecified atom stereocenters. The molecule has 1 saturated heterocycles. The lowest BCUT2D eigenvalue weighted by Crippen LogP contribution is -3.14. The summed E-state index contributed by atoms with van der Waals surface area (Å²) in [5, 5.41) is 19.0. The fraction of sp³-hybridized carbons (Fsp3) is 0.381. The van der Waals surface area contributed by atoms with E-state index in [0.717, 1.165) is 36.5 Å². The summed E-state index contributed by atoms with van der Waals surface area (Å²) in [5.74, 6) is 0.769. The maximum Gasteiger partial charge on any atom is 0.137 e. The molecule has 1 aliphatic heterocycles. The van der Waals surface area contributed by atoms with Crippen molar-refractivity contribution in [3.8, 4) is 22.9 Å². The molecular weight excluding hydrogens is 312 g/mol. The Morgan fingerprint density at radius 1 is 0.960 bits per heavy atom. The first-order valence-electron chi connectivity index (χ1n) is 8.99. The molecule has 0 aromatic heterocycles. The van der Waals surface area contributed by atoms with Crippen molar-refractivity contribution in [2.24, 2.45) is 0 Å². The highest BCUT2D eigenvalue weighted by Crippen LogP contribution is 2.22. The molecule has 0 spiro atoms. The van der Waals surface area contributed by atoms with E-state index in [0.29, 0.717) is 12.2 Å². The monoisotopic (exact) mass is 337 g/mol. The van der Waals surface area contributed by atoms with Gasteiger partial charge in [0.25, 0.3) is 0 Å². The SMILES string of the molecule is N#Cc1ccc(-c2ccc(OC[C@@H](O)C[NH+]3CCCCC3)cc2)cc1. The number of benzene rings is 2. The first kappa shape index (κ1) is 17.5. The number of aliphatic hydroxyl groups is 1. The molecule has 25 heavy (non-hydrogen) atoms. The maximum absolute atomic E-state index is 10.2. The minimum absolute atomic E-state index is 0.333. The van der Waals surface area contributed by atoms with Crippen LogP contribution in [0.1, 0.15) is 24.8 Å². The Bertz CT molecular complexity index is 698. The van der Waals surface area contributed by atoms with Gasteiger partial charge < -0.3 is 14.7 Å². The molecule has 0 saturated carbocycles. The number of nitriles is 1. The molecule has 1 atom stereocenters. The standard InChI is InChI=1S/C21H24N2O2/c22-14-17-4-6-18(7-5-17)19-8-10-21(11-9-19)25-16-20(24)15-23-12-2-1-3-13-23/h4-11,20,24H,1-3,12-13,15-16H2/p+1/t20-/m0/s1. The van der Waals surface area contributed by atoms with Crippen LogP contribution in [0.2, 0.25) is 0 Å². The van der Waals surface area contributed by atoms with Crippen molar-refractivity contribution in [1.29, 1.82) is 5.26 Å². The maximum atomic E-state index is 10.2. The molecule has 0 amide bonds. The smallest absolute Gasteiger partial charge is 0.137 e. The molecule has 0 aliphatic carbocycles. The number of nitrogens with one attached hydrogen (secondary N) is 1. The Morgan fingerprint density at radius 3 is 2.16 bits per heavy atom. The van der Waals surface area contributed by atoms with Crippen molar-refractivity contribution in [2.45, 2.75) is 25.4 Å². The first-order valence-corrected chi connectivity index (χ1v) is 8.99. The lowest BCUT2D eigenvalue weighted by atomic mass is 10.0. The molecule has 1 aliphatic rings. The molecule has 2 N–H and O–H groups in total. The second-order valence-electron chi connectivity index (χ2n) is 6.69. The lowest BCUT2D eigenvalue weighted by Gasteiger charge is -2.25. The summed E-state index contributed by atoms with van der Waals surface area (Å²) in [6.45, 7) is 3.43. The third-order valence-electron chi connectivity index (χ3n) is 4.73. The summed E-state index contributed by atoms with van der Waals surface area (Å²) in [6.07, 6.45) is 3.42. The highest BCUT2D eigenvalue weighted by molar-refractivity contribution is 5.64. The van der Waals surface area contributed by atoms with Gasteiger partial charge in [0.1, 0.15) is 25.0 Å². The first-order chi connectivity index (χ1) is 12.2. The second-order valence-corrected chi connectivity index (χ2v) is 6.69. The minimum Gasteiger partial charge on any atom is -0.491 e. The van der Waals surface area contributed by atoms with Crippen LogP contribution in [0, 0.1) is 11.3 Å². The highest BCUT2D eigenvalue weighted by Gasteiger charge is 2.18. The normalized spacial score (nSPS) is 16.2. The van der Waals surface area contributed by atoms with Gasteiger partial charge in [-0.25, -0.2) is 0 Å². The predicted molar refractivity (Wildman–Crippen MR) is 97.5 cm³/mol. The van der Waals surface area contributed by atoms with Crippen LogP contribution in [0.3, 0.4) is 0 Å². The van der Waals surface area contributed by atoms with Crippen LogP contribution in [-0.2, 0) is 0 Å². The number of piperidine rings is 1. The van der Waals surface area contributed by atoms with Gasteiger partial charge in [0.2, 0.25) is 0 Å². The Morgan fingerprint density at radius 2 is 1.56 bits per heavy atom. The van der Waals surface area contributed by atoms with Crippen LogP contribution in [0.4, 0.5) is 0 Å². The van der Waals surface area contributed by atoms with E-state index >= 15 is 0 Å². The molecule has 130 valence electrons. The average Bonchev–Trinajstić information content (AvgIpc) is 2.68. The third kappa shape index (κ3) is 5.06. The number of hydrogen-bond donors (Lipinski definition) is 2. The summed E-state index contributed by atoms with van der Waals surface area (Å²) >= 11 is 0. The predicted octanol–water partition coefficient (Wildman–Crippen LogP) is 2.03. The summed E-state index contributed by atoms with van der Waals surface area (Å²) in [7, 11) is 0. The number of likely N-dealkylation sites (tertiary alicyclic amines) is 1. The topological polar surface area (TPSA) is 57.7 Å². The van der Waals surface area contributed by atoms with Gasteiger partial charge in [0.15, 0.2) is 0 Å². The molecular formula is C21H25N2O2+. The van der Waals surface area contributed by atoms with Crippen molar-refractivity contribution in [3.05, 3.63) is 54.1 Å². The van der Waals surface area contributed by atoms with E-state index in [1.54, 1.807) is 0 Å². The quantitative estimate of drug-likeness (QED) is 0.848. The number of quaternary nitrogens is 1. The van der Waals surface area contributed by atoms with Crippen molar-refractivity contribution in [1.82, 2.24) is 0 Å². The van der Waals surface area contributed by atoms with Crippen molar-refractivity contribution in [3.63, 3.8) is 0 Å².